The first-order chi connectivity index (χ1) is 15.5. The van der Waals surface area contributed by atoms with Crippen LogP contribution in [0.1, 0.15) is 51.2 Å². The van der Waals surface area contributed by atoms with Crippen molar-refractivity contribution in [2.24, 2.45) is 5.92 Å². The largest absolute Gasteiger partial charge is 0.544 e. The summed E-state index contributed by atoms with van der Waals surface area (Å²) in [6.07, 6.45) is 0.979. The fourth-order valence-electron chi connectivity index (χ4n) is 3.46. The van der Waals surface area contributed by atoms with Crippen molar-refractivity contribution >= 4 is 14.0 Å². The lowest BCUT2D eigenvalue weighted by molar-refractivity contribution is 0.102. The molecule has 0 aliphatic rings. The zero-order chi connectivity index (χ0) is 24.2. The van der Waals surface area contributed by atoms with Crippen molar-refractivity contribution in [3.05, 3.63) is 78.3 Å². The number of anilines is 1. The van der Waals surface area contributed by atoms with Crippen LogP contribution >= 0.6 is 0 Å². The molecule has 2 aromatic carbocycles. The Labute approximate surface area is 198 Å². The third-order valence-electron chi connectivity index (χ3n) is 6.69. The van der Waals surface area contributed by atoms with Gasteiger partial charge >= 0.3 is 0 Å². The Bertz CT molecular complexity index is 992. The van der Waals surface area contributed by atoms with Gasteiger partial charge < -0.3 is 24.0 Å². The molecule has 0 bridgehead atoms. The topological polar surface area (TPSA) is 63.9 Å². The van der Waals surface area contributed by atoms with Crippen LogP contribution in [-0.4, -0.2) is 20.5 Å². The highest BCUT2D eigenvalue weighted by Crippen LogP contribution is 2.39. The number of hydrogen-bond donors (Lipinski definition) is 2. The summed E-state index contributed by atoms with van der Waals surface area (Å²) in [6.45, 7) is 13.2. The molecule has 33 heavy (non-hydrogen) atoms. The van der Waals surface area contributed by atoms with Crippen LogP contribution in [0.5, 0.6) is 11.5 Å². The molecule has 178 valence electrons. The van der Waals surface area contributed by atoms with Gasteiger partial charge in [0.25, 0.3) is 0 Å². The summed E-state index contributed by atoms with van der Waals surface area (Å²) in [5.41, 5.74) is 1.77. The number of hydrogen-bond acceptors (Lipinski definition) is 5. The summed E-state index contributed by atoms with van der Waals surface area (Å²) in [7, 11) is -0.261. The molecule has 1 heterocycles. The van der Waals surface area contributed by atoms with Crippen LogP contribution in [0.2, 0.25) is 18.1 Å². The van der Waals surface area contributed by atoms with Crippen LogP contribution in [0, 0.1) is 5.92 Å². The predicted molar refractivity (Wildman–Crippen MR) is 136 cm³/mol. The highest BCUT2D eigenvalue weighted by atomic mass is 28.4. The van der Waals surface area contributed by atoms with E-state index in [9.17, 15) is 5.11 Å². The number of aliphatic hydroxyl groups is 1. The minimum absolute atomic E-state index is 0.140. The summed E-state index contributed by atoms with van der Waals surface area (Å²) in [5.74, 6) is 2.26. The average Bonchev–Trinajstić information content (AvgIpc) is 3.31. The molecule has 6 heteroatoms. The Morgan fingerprint density at radius 2 is 1.55 bits per heavy atom. The molecule has 0 radical (unpaired) electrons. The number of furan rings is 1. The molecular weight excluding hydrogens is 430 g/mol. The van der Waals surface area contributed by atoms with Gasteiger partial charge in [-0.1, -0.05) is 39.8 Å². The lowest BCUT2D eigenvalue weighted by Crippen LogP contribution is -2.43. The molecule has 1 aromatic heterocycles. The molecule has 0 saturated carbocycles. The molecule has 1 unspecified atom stereocenters. The molecule has 0 aliphatic carbocycles. The van der Waals surface area contributed by atoms with Gasteiger partial charge in [-0.15, -0.1) is 0 Å². The maximum absolute atomic E-state index is 11.1. The molecule has 2 N–H and O–H groups in total. The van der Waals surface area contributed by atoms with Crippen LogP contribution in [-0.2, 0) is 0 Å². The second-order valence-electron chi connectivity index (χ2n) is 10.1. The van der Waals surface area contributed by atoms with Crippen molar-refractivity contribution in [3.8, 4) is 11.5 Å². The van der Waals surface area contributed by atoms with Gasteiger partial charge in [-0.05, 0) is 72.2 Å². The van der Waals surface area contributed by atoms with Gasteiger partial charge in [0.1, 0.15) is 17.3 Å². The van der Waals surface area contributed by atoms with E-state index in [2.05, 4.69) is 39.2 Å². The van der Waals surface area contributed by atoms with Crippen molar-refractivity contribution in [2.75, 3.05) is 12.4 Å². The SMILES string of the molecule is COc1ccc(C(O)[C@@H](C)[C@H](Nc2ccc(O[Si](C)(C)C(C)(C)C)cc2)c2ccco2)cc1. The van der Waals surface area contributed by atoms with Crippen LogP contribution in [0.25, 0.3) is 0 Å². The normalized spacial score (nSPS) is 14.9. The second-order valence-corrected chi connectivity index (χ2v) is 14.8. The molecular formula is C27H37NO4Si. The van der Waals surface area contributed by atoms with E-state index in [4.69, 9.17) is 13.6 Å². The van der Waals surface area contributed by atoms with Gasteiger partial charge in [0.05, 0.1) is 25.5 Å². The average molecular weight is 468 g/mol. The molecule has 0 aliphatic heterocycles. The van der Waals surface area contributed by atoms with Crippen molar-refractivity contribution in [1.29, 1.82) is 0 Å². The highest BCUT2D eigenvalue weighted by Gasteiger charge is 2.39. The van der Waals surface area contributed by atoms with E-state index < -0.39 is 14.4 Å². The Morgan fingerprint density at radius 3 is 2.06 bits per heavy atom. The molecule has 0 saturated heterocycles. The van der Waals surface area contributed by atoms with E-state index in [1.165, 1.54) is 0 Å². The van der Waals surface area contributed by atoms with Gasteiger partial charge in [-0.2, -0.15) is 0 Å². The maximum Gasteiger partial charge on any atom is 0.250 e. The van der Waals surface area contributed by atoms with Gasteiger partial charge in [-0.3, -0.25) is 0 Å². The number of aliphatic hydroxyl groups excluding tert-OH is 1. The van der Waals surface area contributed by atoms with E-state index in [1.54, 1.807) is 13.4 Å². The minimum Gasteiger partial charge on any atom is -0.544 e. The van der Waals surface area contributed by atoms with E-state index in [0.717, 1.165) is 28.5 Å². The summed E-state index contributed by atoms with van der Waals surface area (Å²) in [6, 6.07) is 19.2. The second kappa shape index (κ2) is 10.1. The monoisotopic (exact) mass is 467 g/mol. The van der Waals surface area contributed by atoms with E-state index in [0.29, 0.717) is 0 Å². The van der Waals surface area contributed by atoms with Gasteiger partial charge in [0.2, 0.25) is 8.32 Å². The lowest BCUT2D eigenvalue weighted by Gasteiger charge is -2.36. The van der Waals surface area contributed by atoms with E-state index in [1.807, 2.05) is 67.6 Å². The van der Waals surface area contributed by atoms with Gasteiger partial charge in [0.15, 0.2) is 0 Å². The first kappa shape index (κ1) is 24.9. The maximum atomic E-state index is 11.1. The Balaban J connectivity index is 1.78. The Hall–Kier alpha value is -2.70. The summed E-state index contributed by atoms with van der Waals surface area (Å²) in [5, 5.41) is 14.8. The third-order valence-corrected chi connectivity index (χ3v) is 11.0. The molecule has 5 nitrogen and oxygen atoms in total. The van der Waals surface area contributed by atoms with Crippen molar-refractivity contribution < 1.29 is 18.7 Å². The smallest absolute Gasteiger partial charge is 0.250 e. The number of nitrogens with one attached hydrogen (secondary N) is 1. The Kier molecular flexibility index (Phi) is 7.60. The zero-order valence-electron chi connectivity index (χ0n) is 20.8. The Morgan fingerprint density at radius 1 is 0.939 bits per heavy atom. The van der Waals surface area contributed by atoms with Crippen LogP contribution in [0.4, 0.5) is 5.69 Å². The third kappa shape index (κ3) is 6.00. The van der Waals surface area contributed by atoms with E-state index in [-0.39, 0.29) is 17.0 Å². The fourth-order valence-corrected chi connectivity index (χ4v) is 4.49. The van der Waals surface area contributed by atoms with Crippen LogP contribution < -0.4 is 14.5 Å². The number of ether oxygens (including phenoxy) is 1. The number of benzene rings is 2. The first-order valence-electron chi connectivity index (χ1n) is 11.4. The summed E-state index contributed by atoms with van der Waals surface area (Å²) < 4.78 is 17.4. The van der Waals surface area contributed by atoms with Crippen LogP contribution in [0.3, 0.4) is 0 Å². The van der Waals surface area contributed by atoms with Crippen molar-refractivity contribution in [1.82, 2.24) is 0 Å². The minimum atomic E-state index is -1.89. The molecule has 0 amide bonds. The quantitative estimate of drug-likeness (QED) is 0.326. The lowest BCUT2D eigenvalue weighted by atomic mass is 9.89. The predicted octanol–water partition coefficient (Wildman–Crippen LogP) is 7.20. The molecule has 0 spiro atoms. The zero-order valence-corrected chi connectivity index (χ0v) is 21.8. The van der Waals surface area contributed by atoms with Crippen molar-refractivity contribution in [3.63, 3.8) is 0 Å². The molecule has 0 fully saturated rings. The van der Waals surface area contributed by atoms with E-state index >= 15 is 0 Å². The molecule has 3 aromatic rings. The van der Waals surface area contributed by atoms with Crippen LogP contribution in [0.15, 0.2) is 71.3 Å². The number of rotatable bonds is 9. The van der Waals surface area contributed by atoms with Crippen molar-refractivity contribution in [2.45, 2.75) is 58.0 Å². The van der Waals surface area contributed by atoms with Gasteiger partial charge in [0, 0.05) is 11.6 Å². The highest BCUT2D eigenvalue weighted by molar-refractivity contribution is 6.74. The summed E-state index contributed by atoms with van der Waals surface area (Å²) in [4.78, 5) is 0. The number of methoxy groups -OCH3 is 1. The molecule has 3 rings (SSSR count). The fraction of sp³-hybridized carbons (Fsp3) is 0.407. The summed E-state index contributed by atoms with van der Waals surface area (Å²) >= 11 is 0. The standard InChI is InChI=1S/C27H37NO4Si/c1-19(26(29)20-10-14-22(30-5)15-11-20)25(24-9-8-18-31-24)28-21-12-16-23(17-13-21)32-33(6,7)27(2,3)4/h8-19,25-26,28-29H,1-7H3/t19-,25-,26?/m0/s1. The van der Waals surface area contributed by atoms with Gasteiger partial charge in [-0.25, -0.2) is 0 Å². The first-order valence-corrected chi connectivity index (χ1v) is 14.3. The molecule has 3 atom stereocenters.